The van der Waals surface area contributed by atoms with Crippen LogP contribution in [0.25, 0.3) is 0 Å². The molecule has 0 aromatic heterocycles. The highest BCUT2D eigenvalue weighted by Crippen LogP contribution is 2.29. The van der Waals surface area contributed by atoms with E-state index in [4.69, 9.17) is 0 Å². The maximum absolute atomic E-state index is 14.6. The molecule has 294 valence electrons. The van der Waals surface area contributed by atoms with Gasteiger partial charge in [-0.3, -0.25) is 33.6 Å². The van der Waals surface area contributed by atoms with Crippen molar-refractivity contribution in [1.29, 1.82) is 0 Å². The minimum Gasteiger partial charge on any atom is -0.391 e. The van der Waals surface area contributed by atoms with Crippen LogP contribution in [0, 0.1) is 18.8 Å². The lowest BCUT2D eigenvalue weighted by Gasteiger charge is -2.32. The van der Waals surface area contributed by atoms with Crippen LogP contribution < -0.4 is 31.9 Å². The number of benzene rings is 2. The molecule has 7 N–H and O–H groups in total. The van der Waals surface area contributed by atoms with Crippen LogP contribution in [0.15, 0.2) is 48.5 Å². The van der Waals surface area contributed by atoms with Gasteiger partial charge < -0.3 is 41.9 Å². The summed E-state index contributed by atoms with van der Waals surface area (Å²) in [6.45, 7) is 4.62. The van der Waals surface area contributed by atoms with Crippen molar-refractivity contribution >= 4 is 47.0 Å². The lowest BCUT2D eigenvalue weighted by atomic mass is 9.84. The van der Waals surface area contributed by atoms with Crippen molar-refractivity contribution in [2.45, 2.75) is 114 Å². The van der Waals surface area contributed by atoms with E-state index in [-0.39, 0.29) is 36.8 Å². The number of amides is 7. The van der Waals surface area contributed by atoms with Gasteiger partial charge in [-0.15, -0.1) is 0 Å². The number of fused-ring (bicyclic) bond motifs is 2. The molecular formula is C40H51N7O8. The van der Waals surface area contributed by atoms with Gasteiger partial charge in [-0.05, 0) is 76.1 Å². The van der Waals surface area contributed by atoms with Crippen LogP contribution in [-0.2, 0) is 35.2 Å². The van der Waals surface area contributed by atoms with Crippen molar-refractivity contribution in [3.63, 3.8) is 0 Å². The number of nitrogens with one attached hydrogen (secondary N) is 6. The predicted molar refractivity (Wildman–Crippen MR) is 201 cm³/mol. The predicted octanol–water partition coefficient (Wildman–Crippen LogP) is 0.829. The molecule has 2 aromatic rings. The number of carbonyl (C=O) groups is 7. The lowest BCUT2D eigenvalue weighted by molar-refractivity contribution is -0.143. The number of carbonyl (C=O) groups excluding carboxylic acids is 7. The van der Waals surface area contributed by atoms with E-state index in [1.807, 2.05) is 13.0 Å². The third kappa shape index (κ3) is 9.15. The van der Waals surface area contributed by atoms with Gasteiger partial charge in [-0.25, -0.2) is 0 Å². The minimum absolute atomic E-state index is 0.0118. The average Bonchev–Trinajstić information content (AvgIpc) is 3.77. The number of hydrogen-bond acceptors (Lipinski definition) is 8. The quantitative estimate of drug-likeness (QED) is 0.214. The van der Waals surface area contributed by atoms with Crippen LogP contribution in [0.3, 0.4) is 0 Å². The Labute approximate surface area is 320 Å². The molecule has 2 aliphatic heterocycles. The van der Waals surface area contributed by atoms with Crippen LogP contribution in [0.5, 0.6) is 0 Å². The molecule has 4 fully saturated rings. The number of hydrogen-bond donors (Lipinski definition) is 7. The standard InChI is InChI=1S/C40H51N7O8/c1-21-15-16-26(18-30(21)44-35(50)25-11-7-12-25)36(51)42-27-19-32-38(53)41-22(2)34(49)43-29-14-8-13-28(29)37(52)46-33(23(3)48)39(54)45-31(40(55)47(32)20-27)17-24-9-5-4-6-10-24/h4-6,9-10,15-16,18,22-23,25,27-29,31-33,48H,7-8,11-14,17,19-20H2,1-3H3,(H,41,53)(H,42,51)(H,43,49)(H,44,50)(H,45,54)(H,46,52)/t22-,23+,27+,28+,29+,31-,32-,33-/m0/s1. The van der Waals surface area contributed by atoms with Gasteiger partial charge in [0.05, 0.1) is 12.0 Å². The minimum atomic E-state index is -1.41. The van der Waals surface area contributed by atoms with E-state index in [0.717, 1.165) is 24.8 Å². The number of aliphatic hydroxyl groups is 1. The Balaban J connectivity index is 1.28. The third-order valence-corrected chi connectivity index (χ3v) is 11.3. The normalized spacial score (nSPS) is 28.4. The first kappa shape index (κ1) is 39.4. The Morgan fingerprint density at radius 3 is 2.29 bits per heavy atom. The average molecular weight is 758 g/mol. The second-order valence-electron chi connectivity index (χ2n) is 15.4. The molecule has 2 saturated carbocycles. The van der Waals surface area contributed by atoms with Crippen molar-refractivity contribution in [2.24, 2.45) is 11.8 Å². The summed E-state index contributed by atoms with van der Waals surface area (Å²) in [7, 11) is 0. The van der Waals surface area contributed by atoms with Crippen molar-refractivity contribution in [3.05, 3.63) is 65.2 Å². The van der Waals surface area contributed by atoms with Gasteiger partial charge in [0, 0.05) is 42.2 Å². The van der Waals surface area contributed by atoms with E-state index in [9.17, 15) is 38.7 Å². The molecular weight excluding hydrogens is 706 g/mol. The summed E-state index contributed by atoms with van der Waals surface area (Å²) >= 11 is 0. The molecule has 55 heavy (non-hydrogen) atoms. The lowest BCUT2D eigenvalue weighted by Crippen LogP contribution is -2.61. The molecule has 0 unspecified atom stereocenters. The topological polar surface area (TPSA) is 215 Å². The van der Waals surface area contributed by atoms with Crippen molar-refractivity contribution < 1.29 is 38.7 Å². The fourth-order valence-corrected chi connectivity index (χ4v) is 7.81. The summed E-state index contributed by atoms with van der Waals surface area (Å²) in [4.78, 5) is 96.9. The van der Waals surface area contributed by atoms with Gasteiger partial charge >= 0.3 is 0 Å². The Morgan fingerprint density at radius 1 is 0.873 bits per heavy atom. The number of aryl methyl sites for hydroxylation is 1. The maximum atomic E-state index is 14.6. The Bertz CT molecular complexity index is 1820. The van der Waals surface area contributed by atoms with Crippen molar-refractivity contribution in [3.8, 4) is 0 Å². The molecule has 6 rings (SSSR count). The summed E-state index contributed by atoms with van der Waals surface area (Å²) in [5.74, 6) is -4.34. The maximum Gasteiger partial charge on any atom is 0.251 e. The van der Waals surface area contributed by atoms with Crippen LogP contribution in [-0.4, -0.2) is 100 Å². The van der Waals surface area contributed by atoms with Gasteiger partial charge in [0.1, 0.15) is 24.2 Å². The van der Waals surface area contributed by atoms with Gasteiger partial charge in [-0.1, -0.05) is 49.2 Å². The molecule has 0 spiro atoms. The van der Waals surface area contributed by atoms with E-state index < -0.39 is 83.7 Å². The number of aliphatic hydroxyl groups excluding tert-OH is 1. The molecule has 8 atom stereocenters. The van der Waals surface area contributed by atoms with E-state index in [0.29, 0.717) is 30.5 Å². The SMILES string of the molecule is Cc1ccc(C(=O)N[C@@H]2C[C@H]3C(=O)N[C@@H](C)C(=O)N[C@@H]4CCC[C@H]4C(=O)N[C@@H]([C@@H](C)O)C(=O)N[C@@H](Cc4ccccc4)C(=O)N3C2)cc1NC(=O)C1CCC1. The Kier molecular flexibility index (Phi) is 12.2. The molecule has 15 heteroatoms. The fourth-order valence-electron chi connectivity index (χ4n) is 7.81. The summed E-state index contributed by atoms with van der Waals surface area (Å²) in [5.41, 5.74) is 2.30. The molecule has 2 aliphatic carbocycles. The van der Waals surface area contributed by atoms with Crippen LogP contribution in [0.2, 0.25) is 0 Å². The van der Waals surface area contributed by atoms with Gasteiger partial charge in [0.15, 0.2) is 0 Å². The largest absolute Gasteiger partial charge is 0.391 e. The first-order valence-corrected chi connectivity index (χ1v) is 19.3. The van der Waals surface area contributed by atoms with E-state index in [1.165, 1.54) is 18.7 Å². The Morgan fingerprint density at radius 2 is 1.60 bits per heavy atom. The third-order valence-electron chi connectivity index (χ3n) is 11.3. The molecule has 0 bridgehead atoms. The van der Waals surface area contributed by atoms with Gasteiger partial charge in [0.2, 0.25) is 35.4 Å². The first-order valence-electron chi connectivity index (χ1n) is 19.3. The highest BCUT2D eigenvalue weighted by molar-refractivity contribution is 6.00. The highest BCUT2D eigenvalue weighted by atomic mass is 16.3. The monoisotopic (exact) mass is 757 g/mol. The van der Waals surface area contributed by atoms with Gasteiger partial charge in [-0.2, -0.15) is 0 Å². The van der Waals surface area contributed by atoms with Crippen LogP contribution >= 0.6 is 0 Å². The summed E-state index contributed by atoms with van der Waals surface area (Å²) in [5, 5.41) is 27.5. The highest BCUT2D eigenvalue weighted by Gasteiger charge is 2.45. The van der Waals surface area contributed by atoms with E-state index >= 15 is 0 Å². The van der Waals surface area contributed by atoms with Crippen LogP contribution in [0.4, 0.5) is 5.69 Å². The molecule has 15 nitrogen and oxygen atoms in total. The molecule has 4 aliphatic rings. The summed E-state index contributed by atoms with van der Waals surface area (Å²) in [6, 6.07) is 7.87. The fraction of sp³-hybridized carbons (Fsp3) is 0.525. The van der Waals surface area contributed by atoms with E-state index in [1.54, 1.807) is 42.5 Å². The van der Waals surface area contributed by atoms with Crippen LogP contribution in [0.1, 0.15) is 80.3 Å². The zero-order chi connectivity index (χ0) is 39.4. The van der Waals surface area contributed by atoms with Crippen molar-refractivity contribution in [2.75, 3.05) is 11.9 Å². The first-order chi connectivity index (χ1) is 26.3. The number of anilines is 1. The Hall–Kier alpha value is -5.31. The molecule has 0 radical (unpaired) electrons. The second kappa shape index (κ2) is 17.0. The molecule has 2 aromatic carbocycles. The molecule has 7 amide bonds. The zero-order valence-corrected chi connectivity index (χ0v) is 31.4. The second-order valence-corrected chi connectivity index (χ2v) is 15.4. The van der Waals surface area contributed by atoms with Gasteiger partial charge in [0.25, 0.3) is 5.91 Å². The molecule has 2 saturated heterocycles. The molecule has 2 heterocycles. The smallest absolute Gasteiger partial charge is 0.251 e. The van der Waals surface area contributed by atoms with Crippen molar-refractivity contribution in [1.82, 2.24) is 31.5 Å². The summed E-state index contributed by atoms with van der Waals surface area (Å²) < 4.78 is 0. The summed E-state index contributed by atoms with van der Waals surface area (Å²) in [6.07, 6.45) is 2.97. The zero-order valence-electron chi connectivity index (χ0n) is 31.4. The number of rotatable bonds is 7. The number of nitrogens with zero attached hydrogens (tertiary/aromatic N) is 1. The van der Waals surface area contributed by atoms with E-state index in [2.05, 4.69) is 31.9 Å².